The highest BCUT2D eigenvalue weighted by molar-refractivity contribution is 5.82. The lowest BCUT2D eigenvalue weighted by molar-refractivity contribution is 0.474. The van der Waals surface area contributed by atoms with Gasteiger partial charge in [-0.2, -0.15) is 9.65 Å². The molecule has 3 aromatic rings. The van der Waals surface area contributed by atoms with Crippen molar-refractivity contribution in [3.05, 3.63) is 60.2 Å². The van der Waals surface area contributed by atoms with E-state index >= 15 is 0 Å². The van der Waals surface area contributed by atoms with E-state index in [2.05, 4.69) is 26.2 Å². The molecule has 1 aliphatic heterocycles. The van der Waals surface area contributed by atoms with Crippen molar-refractivity contribution >= 4 is 5.69 Å². The average molecular weight is 362 g/mol. The van der Waals surface area contributed by atoms with Gasteiger partial charge in [-0.25, -0.2) is 4.98 Å². The number of nitriles is 1. The van der Waals surface area contributed by atoms with Crippen molar-refractivity contribution < 1.29 is 4.39 Å². The van der Waals surface area contributed by atoms with Crippen LogP contribution in [0.1, 0.15) is 30.1 Å². The van der Waals surface area contributed by atoms with Gasteiger partial charge in [-0.3, -0.25) is 0 Å². The van der Waals surface area contributed by atoms with E-state index in [9.17, 15) is 9.65 Å². The monoisotopic (exact) mass is 362 g/mol. The van der Waals surface area contributed by atoms with E-state index < -0.39 is 5.95 Å². The van der Waals surface area contributed by atoms with E-state index in [1.165, 1.54) is 12.3 Å². The van der Waals surface area contributed by atoms with Crippen LogP contribution in [-0.4, -0.2) is 32.8 Å². The average Bonchev–Trinajstić information content (AvgIpc) is 3.14. The highest BCUT2D eigenvalue weighted by Crippen LogP contribution is 2.37. The molecular weight excluding hydrogens is 343 g/mol. The van der Waals surface area contributed by atoms with Crippen LogP contribution in [0.25, 0.3) is 11.1 Å². The summed E-state index contributed by atoms with van der Waals surface area (Å²) in [7, 11) is 1.96. The molecule has 0 unspecified atom stereocenters. The minimum Gasteiger partial charge on any atom is -0.370 e. The highest BCUT2D eigenvalue weighted by atomic mass is 19.1. The molecule has 0 atom stereocenters. The Bertz CT molecular complexity index is 980. The normalized spacial score (nSPS) is 14.9. The standard InChI is InChI=1S/C20H19FN6/c1-26-13-24-25-20(26)14-7-9-27(10-8-14)19-15(11-22)3-2-4-17(19)16-5-6-18(21)23-12-16/h2-6,12-14H,7-10H2,1H3. The summed E-state index contributed by atoms with van der Waals surface area (Å²) >= 11 is 0. The smallest absolute Gasteiger partial charge is 0.212 e. The Morgan fingerprint density at radius 2 is 2.00 bits per heavy atom. The van der Waals surface area contributed by atoms with Crippen LogP contribution in [0.5, 0.6) is 0 Å². The molecule has 0 amide bonds. The quantitative estimate of drug-likeness (QED) is 0.669. The third kappa shape index (κ3) is 3.26. The number of benzene rings is 1. The maximum atomic E-state index is 13.2. The maximum absolute atomic E-state index is 13.2. The first kappa shape index (κ1) is 17.2. The molecule has 0 radical (unpaired) electrons. The number of rotatable bonds is 3. The predicted molar refractivity (Wildman–Crippen MR) is 99.5 cm³/mol. The molecule has 0 N–H and O–H groups in total. The summed E-state index contributed by atoms with van der Waals surface area (Å²) < 4.78 is 15.2. The predicted octanol–water partition coefficient (Wildman–Crippen LogP) is 3.27. The van der Waals surface area contributed by atoms with Gasteiger partial charge in [0.1, 0.15) is 18.2 Å². The van der Waals surface area contributed by atoms with Crippen LogP contribution < -0.4 is 4.90 Å². The van der Waals surface area contributed by atoms with Crippen molar-refractivity contribution in [2.75, 3.05) is 18.0 Å². The van der Waals surface area contributed by atoms with Gasteiger partial charge in [0, 0.05) is 43.4 Å². The minimum absolute atomic E-state index is 0.360. The fraction of sp³-hybridized carbons (Fsp3) is 0.300. The molecule has 7 heteroatoms. The van der Waals surface area contributed by atoms with E-state index in [0.717, 1.165) is 48.6 Å². The topological polar surface area (TPSA) is 70.6 Å². The summed E-state index contributed by atoms with van der Waals surface area (Å²) in [4.78, 5) is 6.01. The fourth-order valence-corrected chi connectivity index (χ4v) is 3.77. The van der Waals surface area contributed by atoms with E-state index in [1.807, 2.05) is 29.8 Å². The summed E-state index contributed by atoms with van der Waals surface area (Å²) in [6, 6.07) is 11.0. The van der Waals surface area contributed by atoms with E-state index in [-0.39, 0.29) is 0 Å². The second-order valence-electron chi connectivity index (χ2n) is 6.74. The zero-order valence-electron chi connectivity index (χ0n) is 15.0. The van der Waals surface area contributed by atoms with Crippen molar-refractivity contribution in [1.82, 2.24) is 19.7 Å². The first-order valence-electron chi connectivity index (χ1n) is 8.91. The Morgan fingerprint density at radius 3 is 2.63 bits per heavy atom. The molecule has 2 aromatic heterocycles. The number of para-hydroxylation sites is 1. The highest BCUT2D eigenvalue weighted by Gasteiger charge is 2.26. The Hall–Kier alpha value is -3.27. The number of aryl methyl sites for hydroxylation is 1. The van der Waals surface area contributed by atoms with Crippen LogP contribution in [-0.2, 0) is 7.05 Å². The molecule has 4 rings (SSSR count). The SMILES string of the molecule is Cn1cnnc1C1CCN(c2c(C#N)cccc2-c2ccc(F)nc2)CC1. The third-order valence-corrected chi connectivity index (χ3v) is 5.12. The molecule has 136 valence electrons. The molecule has 1 aliphatic rings. The van der Waals surface area contributed by atoms with Crippen molar-refractivity contribution in [3.8, 4) is 17.2 Å². The number of hydrogen-bond acceptors (Lipinski definition) is 5. The van der Waals surface area contributed by atoms with E-state index in [1.54, 1.807) is 12.4 Å². The van der Waals surface area contributed by atoms with Gasteiger partial charge in [-0.05, 0) is 31.0 Å². The second-order valence-corrected chi connectivity index (χ2v) is 6.74. The summed E-state index contributed by atoms with van der Waals surface area (Å²) in [5, 5.41) is 17.9. The van der Waals surface area contributed by atoms with Gasteiger partial charge in [-0.15, -0.1) is 10.2 Å². The van der Waals surface area contributed by atoms with E-state index in [4.69, 9.17) is 0 Å². The van der Waals surface area contributed by atoms with Gasteiger partial charge < -0.3 is 9.47 Å². The summed E-state index contributed by atoms with van der Waals surface area (Å²) in [6.45, 7) is 1.63. The Balaban J connectivity index is 1.65. The van der Waals surface area contributed by atoms with Gasteiger partial charge in [0.15, 0.2) is 0 Å². The second kappa shape index (κ2) is 7.16. The number of pyridine rings is 1. The molecule has 6 nitrogen and oxygen atoms in total. The summed E-state index contributed by atoms with van der Waals surface area (Å²) in [5.41, 5.74) is 3.22. The molecule has 1 fully saturated rings. The zero-order chi connectivity index (χ0) is 18.8. The van der Waals surface area contributed by atoms with E-state index in [0.29, 0.717) is 11.5 Å². The lowest BCUT2D eigenvalue weighted by Gasteiger charge is -2.35. The Kier molecular flexibility index (Phi) is 4.55. The summed E-state index contributed by atoms with van der Waals surface area (Å²) in [6.07, 6.45) is 5.12. The van der Waals surface area contributed by atoms with Crippen molar-refractivity contribution in [1.29, 1.82) is 5.26 Å². The molecule has 1 aromatic carbocycles. The molecule has 0 aliphatic carbocycles. The Labute approximate surface area is 156 Å². The lowest BCUT2D eigenvalue weighted by atomic mass is 9.93. The molecule has 0 bridgehead atoms. The molecule has 3 heterocycles. The van der Waals surface area contributed by atoms with Gasteiger partial charge in [-0.1, -0.05) is 12.1 Å². The van der Waals surface area contributed by atoms with Crippen LogP contribution >= 0.6 is 0 Å². The van der Waals surface area contributed by atoms with Crippen LogP contribution in [0, 0.1) is 17.3 Å². The summed E-state index contributed by atoms with van der Waals surface area (Å²) in [5.74, 6) is 0.853. The van der Waals surface area contributed by atoms with Crippen LogP contribution in [0.2, 0.25) is 0 Å². The van der Waals surface area contributed by atoms with Gasteiger partial charge in [0.2, 0.25) is 5.95 Å². The molecule has 27 heavy (non-hydrogen) atoms. The number of nitrogens with zero attached hydrogens (tertiary/aromatic N) is 6. The first-order chi connectivity index (χ1) is 13.2. The maximum Gasteiger partial charge on any atom is 0.212 e. The number of halogens is 1. The van der Waals surface area contributed by atoms with Gasteiger partial charge >= 0.3 is 0 Å². The minimum atomic E-state index is -0.513. The van der Waals surface area contributed by atoms with Crippen molar-refractivity contribution in [2.24, 2.45) is 7.05 Å². The number of piperidine rings is 1. The van der Waals surface area contributed by atoms with Gasteiger partial charge in [0.05, 0.1) is 11.3 Å². The molecule has 0 spiro atoms. The third-order valence-electron chi connectivity index (χ3n) is 5.12. The number of hydrogen-bond donors (Lipinski definition) is 0. The number of aromatic nitrogens is 4. The fourth-order valence-electron chi connectivity index (χ4n) is 3.77. The van der Waals surface area contributed by atoms with Crippen molar-refractivity contribution in [3.63, 3.8) is 0 Å². The van der Waals surface area contributed by atoms with Gasteiger partial charge in [0.25, 0.3) is 0 Å². The first-order valence-corrected chi connectivity index (χ1v) is 8.91. The molecule has 0 saturated carbocycles. The van der Waals surface area contributed by atoms with Crippen LogP contribution in [0.4, 0.5) is 10.1 Å². The lowest BCUT2D eigenvalue weighted by Crippen LogP contribution is -2.34. The zero-order valence-corrected chi connectivity index (χ0v) is 15.0. The molecule has 1 saturated heterocycles. The largest absolute Gasteiger partial charge is 0.370 e. The Morgan fingerprint density at radius 1 is 1.19 bits per heavy atom. The number of anilines is 1. The van der Waals surface area contributed by atoms with Crippen LogP contribution in [0.15, 0.2) is 42.9 Å². The van der Waals surface area contributed by atoms with Crippen LogP contribution in [0.3, 0.4) is 0 Å². The molecular formula is C20H19FN6. The van der Waals surface area contributed by atoms with Crippen molar-refractivity contribution in [2.45, 2.75) is 18.8 Å².